The molecule has 1 aromatic heterocycles. The van der Waals surface area contributed by atoms with Crippen molar-refractivity contribution in [1.29, 1.82) is 0 Å². The van der Waals surface area contributed by atoms with Gasteiger partial charge in [0.15, 0.2) is 0 Å². The molecule has 0 radical (unpaired) electrons. The fourth-order valence-corrected chi connectivity index (χ4v) is 3.71. The molecule has 25 heavy (non-hydrogen) atoms. The molecule has 2 aliphatic heterocycles. The molecule has 3 heterocycles. The normalized spacial score (nSPS) is 20.2. The SMILES string of the molecule is Cc1cn2c(n1)CCC(NC(=O)c1ccccc1N1CCOCC1)C2. The van der Waals surface area contributed by atoms with Crippen LogP contribution in [-0.2, 0) is 17.7 Å². The van der Waals surface area contributed by atoms with Gasteiger partial charge in [-0.05, 0) is 25.5 Å². The molecular weight excluding hydrogens is 316 g/mol. The van der Waals surface area contributed by atoms with Crippen molar-refractivity contribution in [2.24, 2.45) is 0 Å². The maximum atomic E-state index is 12.9. The van der Waals surface area contributed by atoms with Gasteiger partial charge in [0.25, 0.3) is 5.91 Å². The van der Waals surface area contributed by atoms with Crippen molar-refractivity contribution < 1.29 is 9.53 Å². The van der Waals surface area contributed by atoms with E-state index in [1.54, 1.807) is 0 Å². The number of amides is 1. The molecule has 4 rings (SSSR count). The second-order valence-corrected chi connectivity index (χ2v) is 6.78. The molecular formula is C19H24N4O2. The third kappa shape index (κ3) is 3.39. The van der Waals surface area contributed by atoms with Crippen molar-refractivity contribution in [3.8, 4) is 0 Å². The van der Waals surface area contributed by atoms with Crippen LogP contribution in [0.1, 0.15) is 28.3 Å². The van der Waals surface area contributed by atoms with Crippen molar-refractivity contribution in [3.63, 3.8) is 0 Å². The van der Waals surface area contributed by atoms with Crippen molar-refractivity contribution >= 4 is 11.6 Å². The van der Waals surface area contributed by atoms with Gasteiger partial charge in [0, 0.05) is 44.0 Å². The standard InChI is InChI=1S/C19H24N4O2/c1-14-12-23-13-15(6-7-18(23)20-14)21-19(24)16-4-2-3-5-17(16)22-8-10-25-11-9-22/h2-5,12,15H,6-11,13H2,1H3,(H,21,24). The molecule has 1 N–H and O–H groups in total. The number of aromatic nitrogens is 2. The van der Waals surface area contributed by atoms with Crippen molar-refractivity contribution in [2.75, 3.05) is 31.2 Å². The van der Waals surface area contributed by atoms with E-state index in [0.717, 1.165) is 55.2 Å². The fourth-order valence-electron chi connectivity index (χ4n) is 3.71. The number of imidazole rings is 1. The largest absolute Gasteiger partial charge is 0.378 e. The monoisotopic (exact) mass is 340 g/mol. The van der Waals surface area contributed by atoms with Gasteiger partial charge in [-0.2, -0.15) is 0 Å². The number of rotatable bonds is 3. The maximum Gasteiger partial charge on any atom is 0.253 e. The van der Waals surface area contributed by atoms with Gasteiger partial charge in [0.2, 0.25) is 0 Å². The summed E-state index contributed by atoms with van der Waals surface area (Å²) >= 11 is 0. The van der Waals surface area contributed by atoms with Crippen molar-refractivity contribution in [2.45, 2.75) is 32.4 Å². The summed E-state index contributed by atoms with van der Waals surface area (Å²) in [5.74, 6) is 1.13. The molecule has 1 atom stereocenters. The number of hydrogen-bond donors (Lipinski definition) is 1. The average Bonchev–Trinajstić information content (AvgIpc) is 3.02. The lowest BCUT2D eigenvalue weighted by molar-refractivity contribution is 0.0926. The molecule has 1 fully saturated rings. The number of nitrogens with one attached hydrogen (secondary N) is 1. The highest BCUT2D eigenvalue weighted by Crippen LogP contribution is 2.22. The van der Waals surface area contributed by atoms with E-state index in [1.165, 1.54) is 0 Å². The molecule has 6 heteroatoms. The Morgan fingerprint density at radius 3 is 2.92 bits per heavy atom. The Balaban J connectivity index is 1.48. The lowest BCUT2D eigenvalue weighted by atomic mass is 10.1. The van der Waals surface area contributed by atoms with Crippen LogP contribution in [0.15, 0.2) is 30.5 Å². The molecule has 1 amide bonds. The summed E-state index contributed by atoms with van der Waals surface area (Å²) in [6.45, 7) is 5.87. The van der Waals surface area contributed by atoms with Crippen LogP contribution in [0, 0.1) is 6.92 Å². The number of fused-ring (bicyclic) bond motifs is 1. The number of ether oxygens (including phenoxy) is 1. The van der Waals surface area contributed by atoms with Gasteiger partial charge >= 0.3 is 0 Å². The van der Waals surface area contributed by atoms with Crippen molar-refractivity contribution in [1.82, 2.24) is 14.9 Å². The third-order valence-corrected chi connectivity index (χ3v) is 4.95. The summed E-state index contributed by atoms with van der Waals surface area (Å²) in [5.41, 5.74) is 2.79. The Labute approximate surface area is 147 Å². The van der Waals surface area contributed by atoms with E-state index in [9.17, 15) is 4.79 Å². The van der Waals surface area contributed by atoms with Crippen LogP contribution in [0.25, 0.3) is 0 Å². The van der Waals surface area contributed by atoms with E-state index in [1.807, 2.05) is 31.2 Å². The summed E-state index contributed by atoms with van der Waals surface area (Å²) in [6, 6.07) is 8.00. The molecule has 1 unspecified atom stereocenters. The molecule has 2 aromatic rings. The van der Waals surface area contributed by atoms with E-state index in [0.29, 0.717) is 13.2 Å². The summed E-state index contributed by atoms with van der Waals surface area (Å²) < 4.78 is 7.59. The van der Waals surface area contributed by atoms with Gasteiger partial charge in [-0.15, -0.1) is 0 Å². The Morgan fingerprint density at radius 2 is 2.08 bits per heavy atom. The number of aryl methyl sites for hydroxylation is 2. The lowest BCUT2D eigenvalue weighted by Gasteiger charge is -2.31. The first-order valence-electron chi connectivity index (χ1n) is 8.96. The molecule has 0 spiro atoms. The second-order valence-electron chi connectivity index (χ2n) is 6.78. The Morgan fingerprint density at radius 1 is 1.28 bits per heavy atom. The smallest absolute Gasteiger partial charge is 0.253 e. The average molecular weight is 340 g/mol. The molecule has 1 aromatic carbocycles. The lowest BCUT2D eigenvalue weighted by Crippen LogP contribution is -2.42. The first-order valence-corrected chi connectivity index (χ1v) is 8.96. The summed E-state index contributed by atoms with van der Waals surface area (Å²) in [7, 11) is 0. The zero-order valence-electron chi connectivity index (χ0n) is 14.6. The van der Waals surface area contributed by atoms with Crippen LogP contribution in [0.2, 0.25) is 0 Å². The molecule has 2 aliphatic rings. The number of carbonyl (C=O) groups excluding carboxylic acids is 1. The van der Waals surface area contributed by atoms with E-state index in [4.69, 9.17) is 4.74 Å². The topological polar surface area (TPSA) is 59.4 Å². The van der Waals surface area contributed by atoms with Gasteiger partial charge in [-0.1, -0.05) is 12.1 Å². The van der Waals surface area contributed by atoms with E-state index in [-0.39, 0.29) is 11.9 Å². The minimum absolute atomic E-state index is 0.00683. The molecule has 0 bridgehead atoms. The highest BCUT2D eigenvalue weighted by molar-refractivity contribution is 6.00. The number of anilines is 1. The molecule has 0 saturated carbocycles. The second kappa shape index (κ2) is 6.88. The zero-order valence-corrected chi connectivity index (χ0v) is 14.6. The predicted molar refractivity (Wildman–Crippen MR) is 96.0 cm³/mol. The molecule has 1 saturated heterocycles. The molecule has 0 aliphatic carbocycles. The fraction of sp³-hybridized carbons (Fsp3) is 0.474. The number of benzene rings is 1. The molecule has 132 valence electrons. The van der Waals surface area contributed by atoms with Crippen LogP contribution in [0.5, 0.6) is 0 Å². The quantitative estimate of drug-likeness (QED) is 0.925. The summed E-state index contributed by atoms with van der Waals surface area (Å²) in [5, 5.41) is 3.22. The number of hydrogen-bond acceptors (Lipinski definition) is 4. The minimum Gasteiger partial charge on any atom is -0.378 e. The zero-order chi connectivity index (χ0) is 17.2. The highest BCUT2D eigenvalue weighted by Gasteiger charge is 2.24. The first kappa shape index (κ1) is 16.1. The van der Waals surface area contributed by atoms with Gasteiger partial charge in [-0.25, -0.2) is 4.98 Å². The van der Waals surface area contributed by atoms with Gasteiger partial charge in [0.1, 0.15) is 5.82 Å². The highest BCUT2D eigenvalue weighted by atomic mass is 16.5. The van der Waals surface area contributed by atoms with E-state index >= 15 is 0 Å². The Hall–Kier alpha value is -2.34. The van der Waals surface area contributed by atoms with Gasteiger partial charge in [-0.3, -0.25) is 4.79 Å². The van der Waals surface area contributed by atoms with Gasteiger partial charge in [0.05, 0.1) is 24.5 Å². The molecule has 6 nitrogen and oxygen atoms in total. The van der Waals surface area contributed by atoms with Crippen LogP contribution < -0.4 is 10.2 Å². The first-order chi connectivity index (χ1) is 12.2. The Kier molecular flexibility index (Phi) is 4.44. The van der Waals surface area contributed by atoms with Crippen LogP contribution in [0.4, 0.5) is 5.69 Å². The number of morpholine rings is 1. The van der Waals surface area contributed by atoms with Crippen LogP contribution >= 0.6 is 0 Å². The maximum absolute atomic E-state index is 12.9. The number of carbonyl (C=O) groups is 1. The third-order valence-electron chi connectivity index (χ3n) is 4.95. The van der Waals surface area contributed by atoms with Crippen LogP contribution in [-0.4, -0.2) is 47.8 Å². The van der Waals surface area contributed by atoms with Crippen LogP contribution in [0.3, 0.4) is 0 Å². The van der Waals surface area contributed by atoms with Gasteiger partial charge < -0.3 is 19.5 Å². The number of para-hydroxylation sites is 1. The Bertz CT molecular complexity index is 765. The summed E-state index contributed by atoms with van der Waals surface area (Å²) in [6.07, 6.45) is 3.90. The number of nitrogens with zero attached hydrogens (tertiary/aromatic N) is 3. The van der Waals surface area contributed by atoms with Crippen molar-refractivity contribution in [3.05, 3.63) is 47.5 Å². The van der Waals surface area contributed by atoms with E-state index in [2.05, 4.69) is 26.0 Å². The minimum atomic E-state index is 0.00683. The predicted octanol–water partition coefficient (Wildman–Crippen LogP) is 1.77. The summed E-state index contributed by atoms with van der Waals surface area (Å²) in [4.78, 5) is 19.7. The van der Waals surface area contributed by atoms with E-state index < -0.39 is 0 Å².